The van der Waals surface area contributed by atoms with Crippen molar-refractivity contribution in [2.45, 2.75) is 24.7 Å². The summed E-state index contributed by atoms with van der Waals surface area (Å²) in [6.07, 6.45) is -20.6. The van der Waals surface area contributed by atoms with Crippen LogP contribution in [0.1, 0.15) is 27.8 Å². The van der Waals surface area contributed by atoms with Crippen LogP contribution in [0, 0.1) is 11.3 Å². The highest BCUT2D eigenvalue weighted by molar-refractivity contribution is 6.13. The number of benzene rings is 9. The van der Waals surface area contributed by atoms with Crippen molar-refractivity contribution < 1.29 is 52.7 Å². The van der Waals surface area contributed by atoms with Crippen molar-refractivity contribution in [3.63, 3.8) is 0 Å². The Morgan fingerprint density at radius 1 is 0.338 bits per heavy atom. The van der Waals surface area contributed by atoms with Crippen LogP contribution in [0.4, 0.5) is 52.7 Å². The largest absolute Gasteiger partial charge is 0.417 e. The minimum absolute atomic E-state index is 0.0488. The molecule has 0 saturated carbocycles. The average Bonchev–Trinajstić information content (AvgIpc) is 4.10. The van der Waals surface area contributed by atoms with Gasteiger partial charge in [0.05, 0.1) is 78.7 Å². The van der Waals surface area contributed by atoms with E-state index in [2.05, 4.69) is 6.07 Å². The highest BCUT2D eigenvalue weighted by atomic mass is 19.4. The molecule has 0 N–H and O–H groups in total. The summed E-state index contributed by atoms with van der Waals surface area (Å²) in [5.41, 5.74) is -1.89. The summed E-state index contributed by atoms with van der Waals surface area (Å²) in [6, 6.07) is 53.4. The van der Waals surface area contributed by atoms with Crippen molar-refractivity contribution in [1.29, 1.82) is 5.26 Å². The first-order valence-electron chi connectivity index (χ1n) is 24.5. The van der Waals surface area contributed by atoms with Crippen molar-refractivity contribution in [2.24, 2.45) is 0 Å². The van der Waals surface area contributed by atoms with Crippen LogP contribution in [-0.4, -0.2) is 14.1 Å². The van der Waals surface area contributed by atoms with Crippen LogP contribution in [0.25, 0.3) is 111 Å². The fourth-order valence-electron chi connectivity index (χ4n) is 10.7. The predicted molar refractivity (Wildman–Crippen MR) is 285 cm³/mol. The normalized spacial score (nSPS) is 12.5. The summed E-state index contributed by atoms with van der Waals surface area (Å²) in [5.74, 6) is 0. The molecule has 12 aromatic rings. The van der Waals surface area contributed by atoms with Crippen LogP contribution in [0.15, 0.2) is 206 Å². The number of rotatable bonds is 7. The van der Waals surface area contributed by atoms with Gasteiger partial charge in [-0.3, -0.25) is 0 Å². The Hall–Kier alpha value is -9.62. The van der Waals surface area contributed by atoms with E-state index in [-0.39, 0.29) is 51.2 Å². The van der Waals surface area contributed by atoms with E-state index >= 15 is 0 Å². The maximum absolute atomic E-state index is 14.9. The average molecular weight is 1090 g/mol. The zero-order valence-electron chi connectivity index (χ0n) is 41.0. The highest BCUT2D eigenvalue weighted by Crippen LogP contribution is 2.48. The zero-order chi connectivity index (χ0) is 56.0. The molecule has 12 rings (SSSR count). The number of hydrogen-bond acceptors (Lipinski definition) is 2. The van der Waals surface area contributed by atoms with E-state index in [9.17, 15) is 57.9 Å². The summed E-state index contributed by atoms with van der Waals surface area (Å²) in [4.78, 5) is 5.12. The molecule has 0 aliphatic carbocycles. The smallest absolute Gasteiger partial charge is 0.308 e. The molecule has 0 fully saturated rings. The molecule has 0 unspecified atom stereocenters. The Bertz CT molecular complexity index is 4210. The lowest BCUT2D eigenvalue weighted by Gasteiger charge is -2.22. The van der Waals surface area contributed by atoms with Crippen molar-refractivity contribution >= 4 is 43.6 Å². The Morgan fingerprint density at radius 3 is 1.11 bits per heavy atom. The molecule has 3 heterocycles. The van der Waals surface area contributed by atoms with Crippen molar-refractivity contribution in [1.82, 2.24) is 14.1 Å². The van der Waals surface area contributed by atoms with Gasteiger partial charge in [-0.1, -0.05) is 133 Å². The first-order chi connectivity index (χ1) is 38.2. The fraction of sp³-hybridized carbons (Fsp3) is 0.0625. The standard InChI is InChI=1S/C64H34F12N4/c65-61(66,67)42-21-25-44(50(33-42)63(71,72)73)39-19-23-48-46-15-7-9-17-54(46)79(56(48)31-39)58-27-36(35-77)28-59(60(58)41-29-52(37-11-3-1-4-12-37)78-53(30-41)38-13-5-2-6-14-38)80-55-18-10-8-16-47(55)49-24-20-40(32-57(49)80)45-26-22-43(62(68,69)70)34-51(45)64(74,75)76/h1-34H. The summed E-state index contributed by atoms with van der Waals surface area (Å²) >= 11 is 0. The molecule has 0 atom stereocenters. The summed E-state index contributed by atoms with van der Waals surface area (Å²) < 4.78 is 177. The number of hydrogen-bond donors (Lipinski definition) is 0. The van der Waals surface area contributed by atoms with E-state index in [1.807, 2.05) is 72.8 Å². The molecule has 4 nitrogen and oxygen atoms in total. The topological polar surface area (TPSA) is 46.5 Å². The number of aromatic nitrogens is 3. The monoisotopic (exact) mass is 1090 g/mol. The second-order valence-electron chi connectivity index (χ2n) is 19.0. The van der Waals surface area contributed by atoms with Gasteiger partial charge >= 0.3 is 24.7 Å². The van der Waals surface area contributed by atoms with E-state index in [4.69, 9.17) is 4.98 Å². The predicted octanol–water partition coefficient (Wildman–Crippen LogP) is 19.6. The van der Waals surface area contributed by atoms with E-state index < -0.39 is 58.1 Å². The summed E-state index contributed by atoms with van der Waals surface area (Å²) in [7, 11) is 0. The van der Waals surface area contributed by atoms with E-state index in [0.29, 0.717) is 78.4 Å². The molecular formula is C64H34F12N4. The number of alkyl halides is 12. The minimum Gasteiger partial charge on any atom is -0.308 e. The molecule has 0 bridgehead atoms. The van der Waals surface area contributed by atoms with Gasteiger partial charge in [-0.05, 0) is 101 Å². The van der Waals surface area contributed by atoms with Gasteiger partial charge in [0.1, 0.15) is 0 Å². The van der Waals surface area contributed by atoms with Crippen LogP contribution in [0.2, 0.25) is 0 Å². The molecule has 0 amide bonds. The van der Waals surface area contributed by atoms with Gasteiger partial charge in [0.2, 0.25) is 0 Å². The van der Waals surface area contributed by atoms with Gasteiger partial charge < -0.3 is 9.13 Å². The molecule has 0 aliphatic heterocycles. The second kappa shape index (κ2) is 18.8. The number of para-hydroxylation sites is 2. The van der Waals surface area contributed by atoms with Crippen LogP contribution >= 0.6 is 0 Å². The molecular weight excluding hydrogens is 1050 g/mol. The summed E-state index contributed by atoms with van der Waals surface area (Å²) in [5, 5.41) is 13.3. The number of nitriles is 1. The third-order valence-corrected chi connectivity index (χ3v) is 14.2. The maximum Gasteiger partial charge on any atom is 0.417 e. The fourth-order valence-corrected chi connectivity index (χ4v) is 10.7. The molecule has 0 spiro atoms. The zero-order valence-corrected chi connectivity index (χ0v) is 41.0. The minimum atomic E-state index is -5.22. The Balaban J connectivity index is 1.24. The van der Waals surface area contributed by atoms with E-state index in [0.717, 1.165) is 12.1 Å². The molecule has 9 aromatic carbocycles. The molecule has 394 valence electrons. The van der Waals surface area contributed by atoms with Gasteiger partial charge in [0.25, 0.3) is 0 Å². The van der Waals surface area contributed by atoms with E-state index in [1.54, 1.807) is 81.9 Å². The quantitative estimate of drug-likeness (QED) is 0.149. The first kappa shape index (κ1) is 51.2. The van der Waals surface area contributed by atoms with Gasteiger partial charge in [0.15, 0.2) is 0 Å². The lowest BCUT2D eigenvalue weighted by molar-refractivity contribution is -0.144. The Morgan fingerprint density at radius 2 is 0.725 bits per heavy atom. The number of halogens is 12. The Labute approximate surface area is 446 Å². The molecule has 16 heteroatoms. The van der Waals surface area contributed by atoms with Crippen LogP contribution in [0.5, 0.6) is 0 Å². The molecule has 80 heavy (non-hydrogen) atoms. The molecule has 3 aromatic heterocycles. The third kappa shape index (κ3) is 8.94. The van der Waals surface area contributed by atoms with Gasteiger partial charge in [-0.15, -0.1) is 0 Å². The molecule has 0 aliphatic rings. The van der Waals surface area contributed by atoms with Crippen molar-refractivity contribution in [3.05, 3.63) is 234 Å². The number of nitrogens with zero attached hydrogens (tertiary/aromatic N) is 4. The summed E-state index contributed by atoms with van der Waals surface area (Å²) in [6.45, 7) is 0. The van der Waals surface area contributed by atoms with Crippen molar-refractivity contribution in [3.8, 4) is 73.3 Å². The maximum atomic E-state index is 14.9. The SMILES string of the molecule is N#Cc1cc(-n2c3ccccc3c3ccc(-c4ccc(C(F)(F)F)cc4C(F)(F)F)cc32)c(-c2cc(-c3ccccc3)nc(-c3ccccc3)c2)c(-n2c3ccccc3c3ccc(-c4ccc(C(F)(F)F)cc4C(F)(F)F)cc32)c1. The van der Waals surface area contributed by atoms with E-state index in [1.165, 1.54) is 24.3 Å². The second-order valence-corrected chi connectivity index (χ2v) is 19.0. The lowest BCUT2D eigenvalue weighted by atomic mass is 9.94. The Kier molecular flexibility index (Phi) is 12.0. The van der Waals surface area contributed by atoms with Crippen molar-refractivity contribution in [2.75, 3.05) is 0 Å². The van der Waals surface area contributed by atoms with Crippen LogP contribution in [0.3, 0.4) is 0 Å². The number of pyridine rings is 1. The van der Waals surface area contributed by atoms with Gasteiger partial charge in [0, 0.05) is 38.2 Å². The molecule has 0 saturated heterocycles. The highest BCUT2D eigenvalue weighted by Gasteiger charge is 2.40. The van der Waals surface area contributed by atoms with Crippen LogP contribution < -0.4 is 0 Å². The van der Waals surface area contributed by atoms with Gasteiger partial charge in [-0.2, -0.15) is 57.9 Å². The van der Waals surface area contributed by atoms with Gasteiger partial charge in [-0.25, -0.2) is 4.98 Å². The molecule has 0 radical (unpaired) electrons. The first-order valence-corrected chi connectivity index (χ1v) is 24.5. The number of fused-ring (bicyclic) bond motifs is 6. The third-order valence-electron chi connectivity index (χ3n) is 14.2. The lowest BCUT2D eigenvalue weighted by Crippen LogP contribution is -2.12. The van der Waals surface area contributed by atoms with Crippen LogP contribution in [-0.2, 0) is 24.7 Å².